The molecule has 1 N–H and O–H groups in total. The Hall–Kier alpha value is -0.610. The Morgan fingerprint density at radius 1 is 1.67 bits per heavy atom. The minimum Gasteiger partial charge on any atom is -0.481 e. The van der Waals surface area contributed by atoms with Gasteiger partial charge in [0.05, 0.1) is 13.0 Å². The zero-order chi connectivity index (χ0) is 11.3. The molecular formula is C11H21NO3. The number of hydrogen-bond donors (Lipinski definition) is 1. The van der Waals surface area contributed by atoms with E-state index in [1.54, 1.807) is 7.11 Å². The smallest absolute Gasteiger partial charge is 0.304 e. The number of ether oxygens (including phenoxy) is 1. The number of aliphatic carboxylic acids is 1. The second kappa shape index (κ2) is 6.08. The zero-order valence-electron chi connectivity index (χ0n) is 9.61. The monoisotopic (exact) mass is 215 g/mol. The van der Waals surface area contributed by atoms with E-state index in [9.17, 15) is 4.79 Å². The highest BCUT2D eigenvalue weighted by Gasteiger charge is 2.28. The number of carboxylic acids is 1. The van der Waals surface area contributed by atoms with Crippen molar-refractivity contribution in [3.63, 3.8) is 0 Å². The van der Waals surface area contributed by atoms with Crippen molar-refractivity contribution in [3.8, 4) is 0 Å². The molecular weight excluding hydrogens is 194 g/mol. The number of nitrogens with zero attached hydrogens (tertiary/aromatic N) is 1. The fraction of sp³-hybridized carbons (Fsp3) is 0.909. The lowest BCUT2D eigenvalue weighted by molar-refractivity contribution is -0.138. The third-order valence-electron chi connectivity index (χ3n) is 3.12. The third kappa shape index (κ3) is 3.80. The average Bonchev–Trinajstić information content (AvgIpc) is 2.63. The summed E-state index contributed by atoms with van der Waals surface area (Å²) in [6.45, 7) is 4.84. The van der Waals surface area contributed by atoms with Gasteiger partial charge in [0, 0.05) is 19.7 Å². The molecule has 2 atom stereocenters. The second-order valence-corrected chi connectivity index (χ2v) is 4.26. The van der Waals surface area contributed by atoms with Gasteiger partial charge in [-0.2, -0.15) is 0 Å². The highest BCUT2D eigenvalue weighted by atomic mass is 16.5. The predicted octanol–water partition coefficient (Wildman–Crippen LogP) is 1.21. The minimum absolute atomic E-state index is 0.198. The van der Waals surface area contributed by atoms with Crippen molar-refractivity contribution in [3.05, 3.63) is 0 Å². The van der Waals surface area contributed by atoms with E-state index in [-0.39, 0.29) is 12.5 Å². The van der Waals surface area contributed by atoms with Gasteiger partial charge in [-0.05, 0) is 25.3 Å². The molecule has 1 rings (SSSR count). The van der Waals surface area contributed by atoms with E-state index < -0.39 is 5.97 Å². The van der Waals surface area contributed by atoms with Gasteiger partial charge in [0.15, 0.2) is 0 Å². The molecule has 88 valence electrons. The second-order valence-electron chi connectivity index (χ2n) is 4.26. The van der Waals surface area contributed by atoms with Gasteiger partial charge in [-0.25, -0.2) is 0 Å². The van der Waals surface area contributed by atoms with Crippen LogP contribution < -0.4 is 0 Å². The molecule has 0 saturated carbocycles. The van der Waals surface area contributed by atoms with Gasteiger partial charge < -0.3 is 9.84 Å². The van der Waals surface area contributed by atoms with Crippen molar-refractivity contribution in [2.45, 2.75) is 32.2 Å². The normalized spacial score (nSPS) is 24.3. The Kier molecular flexibility index (Phi) is 5.05. The summed E-state index contributed by atoms with van der Waals surface area (Å²) < 4.78 is 5.13. The molecule has 0 aromatic heterocycles. The van der Waals surface area contributed by atoms with Gasteiger partial charge in [-0.3, -0.25) is 9.69 Å². The van der Waals surface area contributed by atoms with Gasteiger partial charge in [-0.1, -0.05) is 6.92 Å². The molecule has 0 aliphatic carbocycles. The van der Waals surface area contributed by atoms with Crippen molar-refractivity contribution < 1.29 is 14.6 Å². The Labute approximate surface area is 91.2 Å². The van der Waals surface area contributed by atoms with Gasteiger partial charge in [0.2, 0.25) is 0 Å². The fourth-order valence-electron chi connectivity index (χ4n) is 2.30. The molecule has 0 radical (unpaired) electrons. The highest BCUT2D eigenvalue weighted by molar-refractivity contribution is 5.67. The van der Waals surface area contributed by atoms with E-state index in [2.05, 4.69) is 11.8 Å². The van der Waals surface area contributed by atoms with Crippen LogP contribution in [0.3, 0.4) is 0 Å². The Morgan fingerprint density at radius 2 is 2.40 bits per heavy atom. The summed E-state index contributed by atoms with van der Waals surface area (Å²) in [5.74, 6) is -0.116. The molecule has 0 aromatic rings. The summed E-state index contributed by atoms with van der Waals surface area (Å²) >= 11 is 0. The summed E-state index contributed by atoms with van der Waals surface area (Å²) in [4.78, 5) is 13.0. The molecule has 1 saturated heterocycles. The standard InChI is InChI=1S/C11H21NO3/c1-3-10(6-11(13)14)12-5-4-9(7-12)8-15-2/h9-10H,3-8H2,1-2H3,(H,13,14). The first kappa shape index (κ1) is 12.5. The molecule has 1 fully saturated rings. The van der Waals surface area contributed by atoms with E-state index in [1.807, 2.05) is 0 Å². The van der Waals surface area contributed by atoms with Crippen LogP contribution in [-0.2, 0) is 9.53 Å². The van der Waals surface area contributed by atoms with Crippen molar-refractivity contribution in [2.24, 2.45) is 5.92 Å². The third-order valence-corrected chi connectivity index (χ3v) is 3.12. The SMILES string of the molecule is CCC(CC(=O)O)N1CCC(COC)C1. The fourth-order valence-corrected chi connectivity index (χ4v) is 2.30. The molecule has 2 unspecified atom stereocenters. The Morgan fingerprint density at radius 3 is 2.93 bits per heavy atom. The molecule has 1 aliphatic rings. The van der Waals surface area contributed by atoms with Crippen LogP contribution in [-0.4, -0.2) is 48.8 Å². The quantitative estimate of drug-likeness (QED) is 0.723. The maximum atomic E-state index is 10.7. The van der Waals surface area contributed by atoms with Crippen LogP contribution in [0.2, 0.25) is 0 Å². The number of carbonyl (C=O) groups is 1. The van der Waals surface area contributed by atoms with E-state index in [0.717, 1.165) is 32.5 Å². The van der Waals surface area contributed by atoms with Gasteiger partial charge in [0.25, 0.3) is 0 Å². The van der Waals surface area contributed by atoms with Crippen LogP contribution >= 0.6 is 0 Å². The lowest BCUT2D eigenvalue weighted by atomic mass is 10.1. The summed E-state index contributed by atoms with van der Waals surface area (Å²) in [6.07, 6.45) is 2.30. The Bertz CT molecular complexity index is 208. The van der Waals surface area contributed by atoms with Crippen molar-refractivity contribution in [1.29, 1.82) is 0 Å². The maximum absolute atomic E-state index is 10.7. The number of likely N-dealkylation sites (tertiary alicyclic amines) is 1. The van der Waals surface area contributed by atoms with Crippen LogP contribution in [0.15, 0.2) is 0 Å². The topological polar surface area (TPSA) is 49.8 Å². The number of rotatable bonds is 6. The molecule has 0 bridgehead atoms. The first-order chi connectivity index (χ1) is 7.17. The van der Waals surface area contributed by atoms with Gasteiger partial charge in [-0.15, -0.1) is 0 Å². The molecule has 4 heteroatoms. The zero-order valence-corrected chi connectivity index (χ0v) is 9.61. The van der Waals surface area contributed by atoms with Crippen molar-refractivity contribution in [1.82, 2.24) is 4.90 Å². The molecule has 0 amide bonds. The number of carboxylic acid groups (broad SMARTS) is 1. The summed E-state index contributed by atoms with van der Waals surface area (Å²) in [7, 11) is 1.72. The predicted molar refractivity (Wildman–Crippen MR) is 57.9 cm³/mol. The van der Waals surface area contributed by atoms with Crippen molar-refractivity contribution >= 4 is 5.97 Å². The van der Waals surface area contributed by atoms with Crippen LogP contribution in [0, 0.1) is 5.92 Å². The van der Waals surface area contributed by atoms with Crippen LogP contribution in [0.25, 0.3) is 0 Å². The largest absolute Gasteiger partial charge is 0.481 e. The Balaban J connectivity index is 2.39. The van der Waals surface area contributed by atoms with Crippen LogP contribution in [0.5, 0.6) is 0 Å². The summed E-state index contributed by atoms with van der Waals surface area (Å²) in [5, 5.41) is 8.79. The lowest BCUT2D eigenvalue weighted by Crippen LogP contribution is -2.35. The van der Waals surface area contributed by atoms with Crippen molar-refractivity contribution in [2.75, 3.05) is 26.8 Å². The molecule has 4 nitrogen and oxygen atoms in total. The van der Waals surface area contributed by atoms with Gasteiger partial charge in [0.1, 0.15) is 0 Å². The van der Waals surface area contributed by atoms with Crippen LogP contribution in [0.1, 0.15) is 26.2 Å². The first-order valence-corrected chi connectivity index (χ1v) is 5.62. The maximum Gasteiger partial charge on any atom is 0.304 e. The molecule has 1 aliphatic heterocycles. The summed E-state index contributed by atoms with van der Waals surface area (Å²) in [6, 6.07) is 0.198. The van der Waals surface area contributed by atoms with E-state index in [0.29, 0.717) is 5.92 Å². The first-order valence-electron chi connectivity index (χ1n) is 5.62. The van der Waals surface area contributed by atoms with E-state index >= 15 is 0 Å². The van der Waals surface area contributed by atoms with Crippen LogP contribution in [0.4, 0.5) is 0 Å². The van der Waals surface area contributed by atoms with E-state index in [4.69, 9.17) is 9.84 Å². The molecule has 0 aromatic carbocycles. The highest BCUT2D eigenvalue weighted by Crippen LogP contribution is 2.21. The van der Waals surface area contributed by atoms with E-state index in [1.165, 1.54) is 0 Å². The lowest BCUT2D eigenvalue weighted by Gasteiger charge is -2.25. The average molecular weight is 215 g/mol. The minimum atomic E-state index is -0.697. The molecule has 15 heavy (non-hydrogen) atoms. The number of methoxy groups -OCH3 is 1. The van der Waals surface area contributed by atoms with Gasteiger partial charge >= 0.3 is 5.97 Å². The molecule has 0 spiro atoms. The summed E-state index contributed by atoms with van der Waals surface area (Å²) in [5.41, 5.74) is 0. The molecule has 1 heterocycles. The number of hydrogen-bond acceptors (Lipinski definition) is 3.